The highest BCUT2D eigenvalue weighted by Crippen LogP contribution is 2.26. The third-order valence-corrected chi connectivity index (χ3v) is 4.30. The molecule has 23 heavy (non-hydrogen) atoms. The molecular weight excluding hydrogens is 292 g/mol. The Balaban J connectivity index is 1.93. The summed E-state index contributed by atoms with van der Waals surface area (Å²) in [4.78, 5) is 27.5. The Bertz CT molecular complexity index is 544. The molecule has 0 saturated carbocycles. The fourth-order valence-corrected chi connectivity index (χ4v) is 2.75. The van der Waals surface area contributed by atoms with Gasteiger partial charge in [0.05, 0.1) is 5.92 Å². The van der Waals surface area contributed by atoms with Gasteiger partial charge in [-0.2, -0.15) is 0 Å². The van der Waals surface area contributed by atoms with Gasteiger partial charge in [0.2, 0.25) is 11.8 Å². The summed E-state index contributed by atoms with van der Waals surface area (Å²) in [5, 5.41) is 2.41. The number of imide groups is 1. The molecule has 6 nitrogen and oxygen atoms in total. The van der Waals surface area contributed by atoms with Crippen LogP contribution < -0.4 is 16.0 Å². The van der Waals surface area contributed by atoms with E-state index in [1.54, 1.807) is 0 Å². The van der Waals surface area contributed by atoms with Gasteiger partial charge in [-0.25, -0.2) is 0 Å². The predicted octanol–water partition coefficient (Wildman–Crippen LogP) is 0.534. The van der Waals surface area contributed by atoms with Crippen LogP contribution in [0.5, 0.6) is 0 Å². The molecule has 0 spiro atoms. The standard InChI is InChI=1S/C17H26N4O2/c1-20(10-9-18)11-12-21(2)14-5-3-13(4-6-14)15-7-8-16(22)19-17(15)23/h3-6,15H,7-12,18H2,1-2H3,(H,19,22,23). The number of hydrogen-bond acceptors (Lipinski definition) is 5. The first-order chi connectivity index (χ1) is 11.0. The zero-order valence-electron chi connectivity index (χ0n) is 13.9. The van der Waals surface area contributed by atoms with Crippen molar-refractivity contribution in [3.63, 3.8) is 0 Å². The second kappa shape index (κ2) is 8.08. The molecule has 126 valence electrons. The molecule has 0 bridgehead atoms. The first-order valence-corrected chi connectivity index (χ1v) is 8.04. The molecule has 1 aromatic carbocycles. The number of nitrogens with one attached hydrogen (secondary N) is 1. The Morgan fingerprint density at radius 2 is 1.83 bits per heavy atom. The molecule has 0 aromatic heterocycles. The van der Waals surface area contributed by atoms with Crippen LogP contribution in [0.1, 0.15) is 24.3 Å². The van der Waals surface area contributed by atoms with Crippen molar-refractivity contribution in [2.45, 2.75) is 18.8 Å². The molecule has 1 aromatic rings. The number of carbonyl (C=O) groups is 2. The lowest BCUT2D eigenvalue weighted by molar-refractivity contribution is -0.134. The minimum absolute atomic E-state index is 0.177. The molecule has 0 aliphatic carbocycles. The van der Waals surface area contributed by atoms with E-state index in [1.807, 2.05) is 24.3 Å². The summed E-state index contributed by atoms with van der Waals surface area (Å²) < 4.78 is 0. The summed E-state index contributed by atoms with van der Waals surface area (Å²) in [6.07, 6.45) is 0.995. The summed E-state index contributed by atoms with van der Waals surface area (Å²) in [5.41, 5.74) is 7.62. The van der Waals surface area contributed by atoms with E-state index in [0.717, 1.165) is 30.9 Å². The van der Waals surface area contributed by atoms with Crippen LogP contribution in [0.4, 0.5) is 5.69 Å². The van der Waals surface area contributed by atoms with Crippen LogP contribution in [0.15, 0.2) is 24.3 Å². The van der Waals surface area contributed by atoms with Crippen molar-refractivity contribution in [1.82, 2.24) is 10.2 Å². The van der Waals surface area contributed by atoms with E-state index in [4.69, 9.17) is 5.73 Å². The number of nitrogens with zero attached hydrogens (tertiary/aromatic N) is 2. The van der Waals surface area contributed by atoms with Gasteiger partial charge in [-0.15, -0.1) is 0 Å². The van der Waals surface area contributed by atoms with Gasteiger partial charge in [0.1, 0.15) is 0 Å². The van der Waals surface area contributed by atoms with Crippen molar-refractivity contribution in [1.29, 1.82) is 0 Å². The molecule has 2 rings (SSSR count). The quantitative estimate of drug-likeness (QED) is 0.717. The third-order valence-electron chi connectivity index (χ3n) is 4.30. The third kappa shape index (κ3) is 4.77. The molecule has 1 unspecified atom stereocenters. The number of anilines is 1. The predicted molar refractivity (Wildman–Crippen MR) is 91.4 cm³/mol. The summed E-state index contributed by atoms with van der Waals surface area (Å²) >= 11 is 0. The van der Waals surface area contributed by atoms with E-state index in [9.17, 15) is 9.59 Å². The van der Waals surface area contributed by atoms with Crippen molar-refractivity contribution >= 4 is 17.5 Å². The first kappa shape index (κ1) is 17.4. The van der Waals surface area contributed by atoms with Crippen LogP contribution >= 0.6 is 0 Å². The minimum atomic E-state index is -0.220. The van der Waals surface area contributed by atoms with E-state index in [-0.39, 0.29) is 17.7 Å². The highest BCUT2D eigenvalue weighted by molar-refractivity contribution is 6.00. The van der Waals surface area contributed by atoms with Gasteiger partial charge >= 0.3 is 0 Å². The van der Waals surface area contributed by atoms with Crippen LogP contribution in [-0.2, 0) is 9.59 Å². The van der Waals surface area contributed by atoms with Gasteiger partial charge in [-0.3, -0.25) is 14.9 Å². The molecule has 1 fully saturated rings. The first-order valence-electron chi connectivity index (χ1n) is 8.04. The van der Waals surface area contributed by atoms with Gasteiger partial charge in [0.15, 0.2) is 0 Å². The van der Waals surface area contributed by atoms with Gasteiger partial charge in [0, 0.05) is 45.3 Å². The maximum absolute atomic E-state index is 11.9. The monoisotopic (exact) mass is 318 g/mol. The minimum Gasteiger partial charge on any atom is -0.373 e. The van der Waals surface area contributed by atoms with Crippen molar-refractivity contribution in [3.05, 3.63) is 29.8 Å². The smallest absolute Gasteiger partial charge is 0.234 e. The Kier molecular flexibility index (Phi) is 6.12. The number of amides is 2. The van der Waals surface area contributed by atoms with Crippen LogP contribution in [-0.4, -0.2) is 57.0 Å². The van der Waals surface area contributed by atoms with Crippen LogP contribution in [0, 0.1) is 0 Å². The average Bonchev–Trinajstić information content (AvgIpc) is 2.53. The zero-order chi connectivity index (χ0) is 16.8. The Morgan fingerprint density at radius 3 is 2.43 bits per heavy atom. The summed E-state index contributed by atoms with van der Waals surface area (Å²) in [6, 6.07) is 8.02. The Hall–Kier alpha value is -1.92. The van der Waals surface area contributed by atoms with Gasteiger partial charge < -0.3 is 15.5 Å². The molecule has 0 radical (unpaired) electrons. The van der Waals surface area contributed by atoms with Crippen molar-refractivity contribution in [2.24, 2.45) is 5.73 Å². The van der Waals surface area contributed by atoms with Gasteiger partial charge in [-0.1, -0.05) is 12.1 Å². The van der Waals surface area contributed by atoms with Crippen molar-refractivity contribution in [2.75, 3.05) is 45.2 Å². The summed E-state index contributed by atoms with van der Waals surface area (Å²) in [5.74, 6) is -0.585. The fourth-order valence-electron chi connectivity index (χ4n) is 2.75. The van der Waals surface area contributed by atoms with Crippen LogP contribution in [0.2, 0.25) is 0 Å². The second-order valence-electron chi connectivity index (χ2n) is 6.11. The maximum atomic E-state index is 11.9. The number of likely N-dealkylation sites (N-methyl/N-ethyl adjacent to an activating group) is 2. The molecule has 2 amide bonds. The highest BCUT2D eigenvalue weighted by Gasteiger charge is 2.27. The lowest BCUT2D eigenvalue weighted by atomic mass is 9.90. The molecule has 1 aliphatic heterocycles. The SMILES string of the molecule is CN(CCN)CCN(C)c1ccc(C2CCC(=O)NC2=O)cc1. The molecule has 1 heterocycles. The fraction of sp³-hybridized carbons (Fsp3) is 0.529. The molecule has 3 N–H and O–H groups in total. The van der Waals surface area contributed by atoms with E-state index in [0.29, 0.717) is 19.4 Å². The molecule has 1 aliphatic rings. The molecule has 1 atom stereocenters. The van der Waals surface area contributed by atoms with Crippen LogP contribution in [0.3, 0.4) is 0 Å². The maximum Gasteiger partial charge on any atom is 0.234 e. The summed E-state index contributed by atoms with van der Waals surface area (Å²) in [7, 11) is 4.12. The summed E-state index contributed by atoms with van der Waals surface area (Å²) in [6.45, 7) is 3.42. The Morgan fingerprint density at radius 1 is 1.13 bits per heavy atom. The Labute approximate surface area is 137 Å². The number of carbonyl (C=O) groups excluding carboxylic acids is 2. The van der Waals surface area contributed by atoms with E-state index >= 15 is 0 Å². The lowest BCUT2D eigenvalue weighted by Crippen LogP contribution is -2.39. The topological polar surface area (TPSA) is 78.7 Å². The van der Waals surface area contributed by atoms with Crippen LogP contribution in [0.25, 0.3) is 0 Å². The normalized spacial score (nSPS) is 18.2. The average molecular weight is 318 g/mol. The van der Waals surface area contributed by atoms with E-state index in [2.05, 4.69) is 29.2 Å². The van der Waals surface area contributed by atoms with Crippen molar-refractivity contribution in [3.8, 4) is 0 Å². The largest absolute Gasteiger partial charge is 0.373 e. The number of hydrogen-bond donors (Lipinski definition) is 2. The van der Waals surface area contributed by atoms with Gasteiger partial charge in [-0.05, 0) is 31.2 Å². The molecular formula is C17H26N4O2. The molecule has 1 saturated heterocycles. The lowest BCUT2D eigenvalue weighted by Gasteiger charge is -2.25. The van der Waals surface area contributed by atoms with E-state index in [1.165, 1.54) is 0 Å². The molecule has 6 heteroatoms. The van der Waals surface area contributed by atoms with Crippen molar-refractivity contribution < 1.29 is 9.59 Å². The number of rotatable bonds is 7. The second-order valence-corrected chi connectivity index (χ2v) is 6.11. The number of piperidine rings is 1. The van der Waals surface area contributed by atoms with Gasteiger partial charge in [0.25, 0.3) is 0 Å². The number of benzene rings is 1. The number of nitrogens with two attached hydrogens (primary N) is 1. The highest BCUT2D eigenvalue weighted by atomic mass is 16.2. The zero-order valence-corrected chi connectivity index (χ0v) is 13.9. The van der Waals surface area contributed by atoms with E-state index < -0.39 is 0 Å².